The molecule has 1 aliphatic carbocycles. The van der Waals surface area contributed by atoms with E-state index in [0.717, 1.165) is 35.5 Å². The average Bonchev–Trinajstić information content (AvgIpc) is 3.35. The van der Waals surface area contributed by atoms with Crippen molar-refractivity contribution >= 4 is 5.91 Å². The van der Waals surface area contributed by atoms with Crippen LogP contribution < -0.4 is 14.2 Å². The van der Waals surface area contributed by atoms with Crippen LogP contribution in [-0.2, 0) is 6.54 Å². The van der Waals surface area contributed by atoms with Crippen LogP contribution in [0.2, 0.25) is 0 Å². The molecule has 2 aromatic rings. The van der Waals surface area contributed by atoms with Gasteiger partial charge in [-0.2, -0.15) is 0 Å². The van der Waals surface area contributed by atoms with Crippen molar-refractivity contribution in [3.63, 3.8) is 0 Å². The van der Waals surface area contributed by atoms with Crippen molar-refractivity contribution < 1.29 is 19.0 Å². The van der Waals surface area contributed by atoms with Gasteiger partial charge in [0.05, 0.1) is 12.7 Å². The molecule has 130 valence electrons. The van der Waals surface area contributed by atoms with Crippen molar-refractivity contribution in [3.05, 3.63) is 53.1 Å². The molecule has 4 rings (SSSR count). The number of aryl methyl sites for hydroxylation is 1. The summed E-state index contributed by atoms with van der Waals surface area (Å²) in [5, 5.41) is 0. The smallest absolute Gasteiger partial charge is 0.258 e. The molecule has 5 heteroatoms. The normalized spacial score (nSPS) is 15.1. The standard InChI is InChI=1S/C20H21NO4/c1-13-4-3-5-17(23-2)19(13)20(22)21(15-7-8-15)11-14-6-9-16-18(10-14)25-12-24-16/h3-6,9-10,15H,7-8,11-12H2,1-2H3. The molecule has 0 saturated heterocycles. The molecule has 0 bridgehead atoms. The van der Waals surface area contributed by atoms with Gasteiger partial charge in [0, 0.05) is 12.6 Å². The predicted octanol–water partition coefficient (Wildman–Crippen LogP) is 3.54. The zero-order valence-electron chi connectivity index (χ0n) is 14.5. The average molecular weight is 339 g/mol. The van der Waals surface area contributed by atoms with Gasteiger partial charge in [0.15, 0.2) is 11.5 Å². The molecule has 2 aromatic carbocycles. The van der Waals surface area contributed by atoms with Crippen molar-refractivity contribution in [2.75, 3.05) is 13.9 Å². The van der Waals surface area contributed by atoms with Crippen molar-refractivity contribution in [1.29, 1.82) is 0 Å². The Morgan fingerprint density at radius 3 is 2.76 bits per heavy atom. The van der Waals surface area contributed by atoms with Gasteiger partial charge in [-0.15, -0.1) is 0 Å². The summed E-state index contributed by atoms with van der Waals surface area (Å²) in [6.45, 7) is 2.75. The van der Waals surface area contributed by atoms with Crippen LogP contribution in [0.25, 0.3) is 0 Å². The van der Waals surface area contributed by atoms with E-state index in [4.69, 9.17) is 14.2 Å². The number of nitrogens with zero attached hydrogens (tertiary/aromatic N) is 1. The van der Waals surface area contributed by atoms with Crippen LogP contribution in [0.5, 0.6) is 17.2 Å². The Morgan fingerprint density at radius 2 is 2.00 bits per heavy atom. The SMILES string of the molecule is COc1cccc(C)c1C(=O)N(Cc1ccc2c(c1)OCO2)C1CC1. The Balaban J connectivity index is 1.63. The lowest BCUT2D eigenvalue weighted by atomic mass is 10.1. The summed E-state index contributed by atoms with van der Waals surface area (Å²) in [7, 11) is 1.60. The summed E-state index contributed by atoms with van der Waals surface area (Å²) in [5.74, 6) is 2.15. The Morgan fingerprint density at radius 1 is 1.20 bits per heavy atom. The Hall–Kier alpha value is -2.69. The maximum atomic E-state index is 13.3. The third kappa shape index (κ3) is 3.02. The molecule has 0 aromatic heterocycles. The van der Waals surface area contributed by atoms with Crippen LogP contribution in [0.15, 0.2) is 36.4 Å². The molecule has 1 saturated carbocycles. The van der Waals surface area contributed by atoms with Gasteiger partial charge in [-0.05, 0) is 49.1 Å². The summed E-state index contributed by atoms with van der Waals surface area (Å²) in [4.78, 5) is 15.2. The molecule has 25 heavy (non-hydrogen) atoms. The maximum Gasteiger partial charge on any atom is 0.258 e. The summed E-state index contributed by atoms with van der Waals surface area (Å²) in [5.41, 5.74) is 2.62. The predicted molar refractivity (Wildman–Crippen MR) is 93.2 cm³/mol. The fraction of sp³-hybridized carbons (Fsp3) is 0.350. The fourth-order valence-electron chi connectivity index (χ4n) is 3.22. The number of amides is 1. The minimum absolute atomic E-state index is 0.0233. The number of rotatable bonds is 5. The first-order chi connectivity index (χ1) is 12.2. The van der Waals surface area contributed by atoms with Gasteiger partial charge in [0.25, 0.3) is 5.91 Å². The van der Waals surface area contributed by atoms with Crippen molar-refractivity contribution in [1.82, 2.24) is 4.90 Å². The molecule has 5 nitrogen and oxygen atoms in total. The molecule has 1 aliphatic heterocycles. The Bertz CT molecular complexity index is 813. The summed E-state index contributed by atoms with van der Waals surface area (Å²) >= 11 is 0. The molecule has 0 atom stereocenters. The lowest BCUT2D eigenvalue weighted by Crippen LogP contribution is -2.33. The third-order valence-electron chi connectivity index (χ3n) is 4.71. The van der Waals surface area contributed by atoms with Crippen molar-refractivity contribution in [2.24, 2.45) is 0 Å². The second kappa shape index (κ2) is 6.31. The molecular formula is C20H21NO4. The largest absolute Gasteiger partial charge is 0.496 e. The number of carbonyl (C=O) groups excluding carboxylic acids is 1. The highest BCUT2D eigenvalue weighted by atomic mass is 16.7. The Kier molecular flexibility index (Phi) is 3.99. The molecule has 1 amide bonds. The minimum atomic E-state index is 0.0233. The highest BCUT2D eigenvalue weighted by Crippen LogP contribution is 2.36. The van der Waals surface area contributed by atoms with Crippen LogP contribution in [0, 0.1) is 6.92 Å². The van der Waals surface area contributed by atoms with Gasteiger partial charge in [0.1, 0.15) is 5.75 Å². The van der Waals surface area contributed by atoms with Gasteiger partial charge >= 0.3 is 0 Å². The highest BCUT2D eigenvalue weighted by molar-refractivity contribution is 5.98. The topological polar surface area (TPSA) is 48.0 Å². The highest BCUT2D eigenvalue weighted by Gasteiger charge is 2.35. The lowest BCUT2D eigenvalue weighted by molar-refractivity contribution is 0.0725. The first-order valence-electron chi connectivity index (χ1n) is 8.50. The van der Waals surface area contributed by atoms with Crippen LogP contribution in [0.3, 0.4) is 0 Å². The molecular weight excluding hydrogens is 318 g/mol. The van der Waals surface area contributed by atoms with E-state index >= 15 is 0 Å². The quantitative estimate of drug-likeness (QED) is 0.836. The van der Waals surface area contributed by atoms with E-state index in [-0.39, 0.29) is 12.7 Å². The number of ether oxygens (including phenoxy) is 3. The van der Waals surface area contributed by atoms with E-state index in [1.807, 2.05) is 48.2 Å². The molecule has 0 N–H and O–H groups in total. The fourth-order valence-corrected chi connectivity index (χ4v) is 3.22. The maximum absolute atomic E-state index is 13.3. The van der Waals surface area contributed by atoms with Crippen molar-refractivity contribution in [2.45, 2.75) is 32.4 Å². The number of fused-ring (bicyclic) bond motifs is 1. The first kappa shape index (κ1) is 15.8. The van der Waals surface area contributed by atoms with Gasteiger partial charge < -0.3 is 19.1 Å². The number of carbonyl (C=O) groups is 1. The van der Waals surface area contributed by atoms with Crippen LogP contribution >= 0.6 is 0 Å². The van der Waals surface area contributed by atoms with E-state index in [9.17, 15) is 4.79 Å². The molecule has 2 aliphatic rings. The first-order valence-corrected chi connectivity index (χ1v) is 8.50. The van der Waals surface area contributed by atoms with E-state index in [1.54, 1.807) is 7.11 Å². The molecule has 0 spiro atoms. The van der Waals surface area contributed by atoms with Gasteiger partial charge in [-0.25, -0.2) is 0 Å². The molecule has 0 radical (unpaired) electrons. The summed E-state index contributed by atoms with van der Waals surface area (Å²) < 4.78 is 16.2. The third-order valence-corrected chi connectivity index (χ3v) is 4.71. The van der Waals surface area contributed by atoms with Crippen molar-refractivity contribution in [3.8, 4) is 17.2 Å². The second-order valence-electron chi connectivity index (χ2n) is 6.50. The number of hydrogen-bond donors (Lipinski definition) is 0. The van der Waals surface area contributed by atoms with Crippen LogP contribution in [-0.4, -0.2) is 30.8 Å². The molecule has 1 heterocycles. The monoisotopic (exact) mass is 339 g/mol. The summed E-state index contributed by atoms with van der Waals surface area (Å²) in [6, 6.07) is 11.8. The van der Waals surface area contributed by atoms with E-state index < -0.39 is 0 Å². The minimum Gasteiger partial charge on any atom is -0.496 e. The number of benzene rings is 2. The van der Waals surface area contributed by atoms with Gasteiger partial charge in [-0.3, -0.25) is 4.79 Å². The van der Waals surface area contributed by atoms with Gasteiger partial charge in [0.2, 0.25) is 6.79 Å². The van der Waals surface area contributed by atoms with E-state index in [0.29, 0.717) is 23.9 Å². The van der Waals surface area contributed by atoms with Crippen LogP contribution in [0.1, 0.15) is 34.3 Å². The van der Waals surface area contributed by atoms with Crippen LogP contribution in [0.4, 0.5) is 0 Å². The van der Waals surface area contributed by atoms with E-state index in [2.05, 4.69) is 0 Å². The second-order valence-corrected chi connectivity index (χ2v) is 6.50. The summed E-state index contributed by atoms with van der Waals surface area (Å²) in [6.07, 6.45) is 2.09. The zero-order valence-corrected chi connectivity index (χ0v) is 14.5. The van der Waals surface area contributed by atoms with E-state index in [1.165, 1.54) is 0 Å². The Labute approximate surface area is 147 Å². The van der Waals surface area contributed by atoms with Gasteiger partial charge in [-0.1, -0.05) is 18.2 Å². The zero-order chi connectivity index (χ0) is 17.4. The molecule has 1 fully saturated rings. The number of methoxy groups -OCH3 is 1. The molecule has 0 unspecified atom stereocenters. The number of hydrogen-bond acceptors (Lipinski definition) is 4. The lowest BCUT2D eigenvalue weighted by Gasteiger charge is -2.24.